The Hall–Kier alpha value is -1.48. The minimum Gasteiger partial charge on any atom is -0.296 e. The number of aryl methyl sites for hydroxylation is 1. The van der Waals surface area contributed by atoms with Crippen molar-refractivity contribution in [3.05, 3.63) is 40.5 Å². The molecular formula is C20H25NOS. The molecular weight excluding hydrogens is 302 g/mol. The first-order valence-electron chi connectivity index (χ1n) is 8.58. The molecule has 1 aliphatic rings. The van der Waals surface area contributed by atoms with Gasteiger partial charge in [-0.2, -0.15) is 0 Å². The van der Waals surface area contributed by atoms with Crippen molar-refractivity contribution in [2.45, 2.75) is 58.8 Å². The van der Waals surface area contributed by atoms with Gasteiger partial charge in [0.05, 0.1) is 9.88 Å². The van der Waals surface area contributed by atoms with E-state index in [1.165, 1.54) is 36.8 Å². The highest BCUT2D eigenvalue weighted by Crippen LogP contribution is 2.45. The van der Waals surface area contributed by atoms with Gasteiger partial charge in [-0.25, -0.2) is 4.98 Å². The summed E-state index contributed by atoms with van der Waals surface area (Å²) in [6.07, 6.45) is 6.76. The van der Waals surface area contributed by atoms with Gasteiger partial charge in [0.1, 0.15) is 5.69 Å². The van der Waals surface area contributed by atoms with Crippen LogP contribution in [0.5, 0.6) is 0 Å². The van der Waals surface area contributed by atoms with Crippen LogP contribution in [0.3, 0.4) is 0 Å². The van der Waals surface area contributed by atoms with E-state index in [2.05, 4.69) is 39.0 Å². The first kappa shape index (κ1) is 16.4. The van der Waals surface area contributed by atoms with Crippen molar-refractivity contribution in [3.63, 3.8) is 0 Å². The summed E-state index contributed by atoms with van der Waals surface area (Å²) < 4.78 is 0. The maximum Gasteiger partial charge on any atom is 0.169 e. The molecule has 1 saturated carbocycles. The molecule has 0 atom stereocenters. The molecule has 0 saturated heterocycles. The Kier molecular flexibility index (Phi) is 4.67. The molecule has 0 bridgehead atoms. The molecule has 3 heteroatoms. The number of hydrogen-bond donors (Lipinski definition) is 0. The lowest BCUT2D eigenvalue weighted by Crippen LogP contribution is -2.20. The minimum atomic E-state index is 0.457. The van der Waals surface area contributed by atoms with Gasteiger partial charge < -0.3 is 0 Å². The summed E-state index contributed by atoms with van der Waals surface area (Å²) in [6, 6.07) is 8.37. The molecule has 1 heterocycles. The van der Waals surface area contributed by atoms with Gasteiger partial charge in [-0.15, -0.1) is 11.3 Å². The molecule has 3 rings (SSSR count). The molecule has 1 aromatic carbocycles. The first-order valence-corrected chi connectivity index (χ1v) is 9.40. The maximum absolute atomic E-state index is 11.5. The van der Waals surface area contributed by atoms with Crippen LogP contribution in [0.1, 0.15) is 73.4 Å². The van der Waals surface area contributed by atoms with Crippen LogP contribution in [0.2, 0.25) is 0 Å². The van der Waals surface area contributed by atoms with Crippen molar-refractivity contribution in [2.24, 2.45) is 5.41 Å². The Morgan fingerprint density at radius 1 is 1.26 bits per heavy atom. The van der Waals surface area contributed by atoms with E-state index in [0.29, 0.717) is 17.0 Å². The van der Waals surface area contributed by atoms with Gasteiger partial charge in [-0.05, 0) is 48.6 Å². The van der Waals surface area contributed by atoms with Gasteiger partial charge >= 0.3 is 0 Å². The van der Waals surface area contributed by atoms with E-state index in [0.717, 1.165) is 22.6 Å². The third-order valence-electron chi connectivity index (χ3n) is 5.11. The first-order chi connectivity index (χ1) is 11.0. The number of benzene rings is 1. The molecule has 1 aromatic heterocycles. The van der Waals surface area contributed by atoms with Gasteiger partial charge in [0, 0.05) is 5.92 Å². The van der Waals surface area contributed by atoms with Crippen molar-refractivity contribution in [2.75, 3.05) is 0 Å². The van der Waals surface area contributed by atoms with Crippen LogP contribution >= 0.6 is 11.3 Å². The normalized spacial score (nSPS) is 18.0. The van der Waals surface area contributed by atoms with Crippen LogP contribution in [-0.2, 0) is 6.42 Å². The Labute approximate surface area is 143 Å². The molecule has 23 heavy (non-hydrogen) atoms. The van der Waals surface area contributed by atoms with E-state index in [-0.39, 0.29) is 0 Å². The topological polar surface area (TPSA) is 30.0 Å². The van der Waals surface area contributed by atoms with E-state index in [9.17, 15) is 4.79 Å². The van der Waals surface area contributed by atoms with Gasteiger partial charge in [-0.3, -0.25) is 4.79 Å². The summed E-state index contributed by atoms with van der Waals surface area (Å²) in [5, 5.41) is 1.16. The average Bonchev–Trinajstić information content (AvgIpc) is 2.98. The Balaban J connectivity index is 1.94. The van der Waals surface area contributed by atoms with Crippen molar-refractivity contribution < 1.29 is 4.79 Å². The van der Waals surface area contributed by atoms with E-state index in [4.69, 9.17) is 4.98 Å². The Morgan fingerprint density at radius 2 is 1.96 bits per heavy atom. The van der Waals surface area contributed by atoms with E-state index < -0.39 is 0 Å². The monoisotopic (exact) mass is 327 g/mol. The maximum atomic E-state index is 11.5. The highest BCUT2D eigenvalue weighted by Gasteiger charge is 2.30. The average molecular weight is 327 g/mol. The molecule has 1 aliphatic carbocycles. The molecule has 0 spiro atoms. The van der Waals surface area contributed by atoms with Gasteiger partial charge in [0.25, 0.3) is 0 Å². The van der Waals surface area contributed by atoms with E-state index in [1.807, 2.05) is 6.07 Å². The highest BCUT2D eigenvalue weighted by atomic mass is 32.1. The Morgan fingerprint density at radius 3 is 2.61 bits per heavy atom. The smallest absolute Gasteiger partial charge is 0.169 e. The van der Waals surface area contributed by atoms with Crippen molar-refractivity contribution in [1.29, 1.82) is 0 Å². The van der Waals surface area contributed by atoms with Crippen LogP contribution in [0, 0.1) is 5.41 Å². The molecule has 122 valence electrons. The number of thiazole rings is 1. The minimum absolute atomic E-state index is 0.457. The molecule has 2 aromatic rings. The molecule has 0 aliphatic heterocycles. The highest BCUT2D eigenvalue weighted by molar-refractivity contribution is 7.15. The zero-order chi connectivity index (χ0) is 16.4. The van der Waals surface area contributed by atoms with E-state index >= 15 is 0 Å². The summed E-state index contributed by atoms with van der Waals surface area (Å²) in [5.41, 5.74) is 3.54. The summed E-state index contributed by atoms with van der Waals surface area (Å²) >= 11 is 1.73. The molecule has 0 unspecified atom stereocenters. The third-order valence-corrected chi connectivity index (χ3v) is 6.38. The lowest BCUT2D eigenvalue weighted by molar-refractivity contribution is 0.112. The predicted molar refractivity (Wildman–Crippen MR) is 97.3 cm³/mol. The number of aldehydes is 1. The summed E-state index contributed by atoms with van der Waals surface area (Å²) in [7, 11) is 0. The van der Waals surface area contributed by atoms with Crippen LogP contribution in [-0.4, -0.2) is 11.3 Å². The van der Waals surface area contributed by atoms with Gasteiger partial charge in [-0.1, -0.05) is 45.0 Å². The molecule has 0 N–H and O–H groups in total. The fraction of sp³-hybridized carbons (Fsp3) is 0.500. The number of aromatic nitrogens is 1. The molecule has 0 amide bonds. The number of nitrogens with zero attached hydrogens (tertiary/aromatic N) is 1. The summed E-state index contributed by atoms with van der Waals surface area (Å²) in [6.45, 7) is 6.86. The van der Waals surface area contributed by atoms with Crippen LogP contribution in [0.15, 0.2) is 24.3 Å². The number of carbonyl (C=O) groups excluding carboxylic acids is 1. The SMILES string of the molecule is CCc1ccccc1-c1sc(C2CCC(C)(C)CC2)nc1C=O. The second-order valence-corrected chi connectivity index (χ2v) is 8.36. The second-order valence-electron chi connectivity index (χ2n) is 7.33. The molecule has 1 fully saturated rings. The summed E-state index contributed by atoms with van der Waals surface area (Å²) in [4.78, 5) is 17.3. The van der Waals surface area contributed by atoms with E-state index in [1.54, 1.807) is 11.3 Å². The zero-order valence-electron chi connectivity index (χ0n) is 14.3. The number of rotatable bonds is 4. The lowest BCUT2D eigenvalue weighted by atomic mass is 9.73. The fourth-order valence-corrected chi connectivity index (χ4v) is 4.76. The van der Waals surface area contributed by atoms with Crippen LogP contribution in [0.4, 0.5) is 0 Å². The standard InChI is InChI=1S/C20H25NOS/c1-4-14-7-5-6-8-16(14)18-17(13-22)21-19(23-18)15-9-11-20(2,3)12-10-15/h5-8,13,15H,4,9-12H2,1-3H3. The zero-order valence-corrected chi connectivity index (χ0v) is 15.1. The third kappa shape index (κ3) is 3.40. The number of hydrogen-bond acceptors (Lipinski definition) is 3. The van der Waals surface area contributed by atoms with Crippen molar-refractivity contribution >= 4 is 17.6 Å². The van der Waals surface area contributed by atoms with Crippen LogP contribution in [0.25, 0.3) is 10.4 Å². The fourth-order valence-electron chi connectivity index (χ4n) is 3.49. The van der Waals surface area contributed by atoms with Crippen molar-refractivity contribution in [3.8, 4) is 10.4 Å². The lowest BCUT2D eigenvalue weighted by Gasteiger charge is -2.33. The summed E-state index contributed by atoms with van der Waals surface area (Å²) in [5.74, 6) is 0.522. The molecule has 0 radical (unpaired) electrons. The Bertz CT molecular complexity index is 691. The van der Waals surface area contributed by atoms with Gasteiger partial charge in [0.2, 0.25) is 0 Å². The predicted octanol–water partition coefficient (Wildman–Crippen LogP) is 5.87. The molecule has 2 nitrogen and oxygen atoms in total. The van der Waals surface area contributed by atoms with Gasteiger partial charge in [0.15, 0.2) is 6.29 Å². The van der Waals surface area contributed by atoms with Crippen LogP contribution < -0.4 is 0 Å². The number of carbonyl (C=O) groups is 1. The largest absolute Gasteiger partial charge is 0.296 e. The quantitative estimate of drug-likeness (QED) is 0.657. The second kappa shape index (κ2) is 6.56. The van der Waals surface area contributed by atoms with Crippen molar-refractivity contribution in [1.82, 2.24) is 4.98 Å².